The van der Waals surface area contributed by atoms with Crippen molar-refractivity contribution in [3.05, 3.63) is 82.4 Å². The Labute approximate surface area is 181 Å². The van der Waals surface area contributed by atoms with Crippen LogP contribution in [0.4, 0.5) is 0 Å². The van der Waals surface area contributed by atoms with Crippen LogP contribution in [0.3, 0.4) is 0 Å². The van der Waals surface area contributed by atoms with Crippen molar-refractivity contribution in [2.24, 2.45) is 0 Å². The zero-order valence-electron chi connectivity index (χ0n) is 16.9. The highest BCUT2D eigenvalue weighted by Gasteiger charge is 2.06. The Morgan fingerprint density at radius 2 is 1.86 bits per heavy atom. The number of rotatable bonds is 10. The number of aryl methyl sites for hydroxylation is 1. The van der Waals surface area contributed by atoms with E-state index in [2.05, 4.69) is 51.9 Å². The Morgan fingerprint density at radius 3 is 2.55 bits per heavy atom. The molecule has 1 aromatic heterocycles. The van der Waals surface area contributed by atoms with Crippen molar-refractivity contribution in [3.63, 3.8) is 0 Å². The Morgan fingerprint density at radius 1 is 1.10 bits per heavy atom. The summed E-state index contributed by atoms with van der Waals surface area (Å²) in [5.41, 5.74) is 4.28. The van der Waals surface area contributed by atoms with E-state index < -0.39 is 0 Å². The number of thiazole rings is 1. The van der Waals surface area contributed by atoms with Crippen LogP contribution in [0.25, 0.3) is 0 Å². The molecule has 0 aliphatic heterocycles. The lowest BCUT2D eigenvalue weighted by molar-refractivity contribution is 0.0952. The average molecular weight is 426 g/mol. The highest BCUT2D eigenvalue weighted by atomic mass is 32.2. The number of carbonyl (C=O) groups excluding carboxylic acids is 1. The van der Waals surface area contributed by atoms with Crippen molar-refractivity contribution in [1.82, 2.24) is 15.2 Å². The number of amides is 1. The van der Waals surface area contributed by atoms with Crippen molar-refractivity contribution in [3.8, 4) is 0 Å². The summed E-state index contributed by atoms with van der Waals surface area (Å²) in [6.07, 6.45) is 0.928. The second kappa shape index (κ2) is 11.1. The minimum absolute atomic E-state index is 0.00883. The van der Waals surface area contributed by atoms with Gasteiger partial charge in [-0.2, -0.15) is 0 Å². The van der Waals surface area contributed by atoms with Crippen molar-refractivity contribution < 1.29 is 4.79 Å². The number of hydrogen-bond donors (Lipinski definition) is 1. The van der Waals surface area contributed by atoms with Gasteiger partial charge in [0, 0.05) is 35.5 Å². The van der Waals surface area contributed by atoms with Crippen molar-refractivity contribution in [2.75, 3.05) is 20.1 Å². The fourth-order valence-electron chi connectivity index (χ4n) is 2.92. The molecule has 3 aromatic rings. The molecule has 0 spiro atoms. The number of thioether (sulfide) groups is 1. The zero-order valence-corrected chi connectivity index (χ0v) is 18.6. The second-order valence-electron chi connectivity index (χ2n) is 7.07. The number of aromatic nitrogens is 1. The molecular formula is C23H27N3OS2. The topological polar surface area (TPSA) is 45.2 Å². The lowest BCUT2D eigenvalue weighted by atomic mass is 10.1. The molecular weight excluding hydrogens is 398 g/mol. The van der Waals surface area contributed by atoms with Crippen LogP contribution in [0.1, 0.15) is 33.6 Å². The third-order valence-corrected chi connectivity index (χ3v) is 6.68. The van der Waals surface area contributed by atoms with Gasteiger partial charge in [-0.15, -0.1) is 11.3 Å². The molecule has 0 atom stereocenters. The summed E-state index contributed by atoms with van der Waals surface area (Å²) in [6.45, 7) is 4.56. The quantitative estimate of drug-likeness (QED) is 0.367. The Kier molecular flexibility index (Phi) is 8.28. The molecule has 0 unspecified atom stereocenters. The molecule has 0 aliphatic carbocycles. The Bertz CT molecular complexity index is 894. The smallest absolute Gasteiger partial charge is 0.251 e. The van der Waals surface area contributed by atoms with Crippen LogP contribution in [0.2, 0.25) is 0 Å². The third kappa shape index (κ3) is 7.31. The Balaban J connectivity index is 1.35. The van der Waals surface area contributed by atoms with Crippen LogP contribution in [0.15, 0.2) is 64.3 Å². The number of nitrogens with zero attached hydrogens (tertiary/aromatic N) is 2. The molecule has 0 fully saturated rings. The molecule has 152 valence electrons. The molecule has 29 heavy (non-hydrogen) atoms. The average Bonchev–Trinajstić information content (AvgIpc) is 3.16. The number of nitrogens with one attached hydrogen (secondary N) is 1. The molecule has 0 radical (unpaired) electrons. The van der Waals surface area contributed by atoms with E-state index in [-0.39, 0.29) is 5.91 Å². The first kappa shape index (κ1) is 21.6. The largest absolute Gasteiger partial charge is 0.352 e. The van der Waals surface area contributed by atoms with Crippen LogP contribution < -0.4 is 5.32 Å². The van der Waals surface area contributed by atoms with Crippen LogP contribution in [-0.4, -0.2) is 35.9 Å². The van der Waals surface area contributed by atoms with E-state index >= 15 is 0 Å². The SMILES string of the molecule is Cc1csc(SCc2ccc(C(=O)NCCCN(C)Cc3ccccc3)cc2)n1. The predicted molar refractivity (Wildman–Crippen MR) is 123 cm³/mol. The lowest BCUT2D eigenvalue weighted by Crippen LogP contribution is -2.28. The summed E-state index contributed by atoms with van der Waals surface area (Å²) in [5, 5.41) is 5.08. The molecule has 0 saturated heterocycles. The maximum Gasteiger partial charge on any atom is 0.251 e. The van der Waals surface area contributed by atoms with Gasteiger partial charge in [0.15, 0.2) is 0 Å². The zero-order chi connectivity index (χ0) is 20.5. The van der Waals surface area contributed by atoms with Gasteiger partial charge in [-0.25, -0.2) is 4.98 Å². The Hall–Kier alpha value is -2.15. The van der Waals surface area contributed by atoms with Gasteiger partial charge in [0.2, 0.25) is 0 Å². The van der Waals surface area contributed by atoms with Gasteiger partial charge in [0.1, 0.15) is 4.34 Å². The van der Waals surface area contributed by atoms with Gasteiger partial charge >= 0.3 is 0 Å². The van der Waals surface area contributed by atoms with Crippen LogP contribution >= 0.6 is 23.1 Å². The number of hydrogen-bond acceptors (Lipinski definition) is 5. The minimum atomic E-state index is -0.00883. The first-order valence-electron chi connectivity index (χ1n) is 9.75. The highest BCUT2D eigenvalue weighted by molar-refractivity contribution is 8.00. The van der Waals surface area contributed by atoms with Gasteiger partial charge in [0.25, 0.3) is 5.91 Å². The maximum atomic E-state index is 12.3. The lowest BCUT2D eigenvalue weighted by Gasteiger charge is -2.16. The van der Waals surface area contributed by atoms with Crippen LogP contribution in [0, 0.1) is 6.92 Å². The summed E-state index contributed by atoms with van der Waals surface area (Å²) in [6, 6.07) is 18.3. The maximum absolute atomic E-state index is 12.3. The van der Waals surface area contributed by atoms with E-state index in [4.69, 9.17) is 0 Å². The van der Waals surface area contributed by atoms with E-state index in [0.717, 1.165) is 35.3 Å². The number of carbonyl (C=O) groups is 1. The molecule has 1 N–H and O–H groups in total. The summed E-state index contributed by atoms with van der Waals surface area (Å²) in [5.74, 6) is 0.855. The first-order valence-corrected chi connectivity index (χ1v) is 11.6. The molecule has 0 bridgehead atoms. The first-order chi connectivity index (χ1) is 14.1. The van der Waals surface area contributed by atoms with E-state index in [1.54, 1.807) is 23.1 Å². The summed E-state index contributed by atoms with van der Waals surface area (Å²) in [4.78, 5) is 19.1. The second-order valence-corrected chi connectivity index (χ2v) is 9.15. The monoisotopic (exact) mass is 425 g/mol. The van der Waals surface area contributed by atoms with Gasteiger partial charge in [-0.3, -0.25) is 4.79 Å². The standard InChI is InChI=1S/C23H27N3OS2/c1-18-16-28-23(25-18)29-17-20-9-11-21(12-10-20)22(27)24-13-6-14-26(2)15-19-7-4-3-5-8-19/h3-5,7-12,16H,6,13-15,17H2,1-2H3,(H,24,27). The van der Waals surface area contributed by atoms with Crippen molar-refractivity contribution in [1.29, 1.82) is 0 Å². The van der Waals surface area contributed by atoms with E-state index in [0.29, 0.717) is 12.1 Å². The molecule has 1 heterocycles. The third-order valence-electron chi connectivity index (χ3n) is 4.47. The van der Waals surface area contributed by atoms with Gasteiger partial charge in [0.05, 0.1) is 0 Å². The fraction of sp³-hybridized carbons (Fsp3) is 0.304. The summed E-state index contributed by atoms with van der Waals surface area (Å²) < 4.78 is 1.08. The fourth-order valence-corrected chi connectivity index (χ4v) is 4.73. The number of benzene rings is 2. The molecule has 6 heteroatoms. The van der Waals surface area contributed by atoms with E-state index in [9.17, 15) is 4.79 Å². The molecule has 2 aromatic carbocycles. The molecule has 3 rings (SSSR count). The minimum Gasteiger partial charge on any atom is -0.352 e. The van der Waals surface area contributed by atoms with Crippen LogP contribution in [-0.2, 0) is 12.3 Å². The molecule has 1 amide bonds. The van der Waals surface area contributed by atoms with Gasteiger partial charge in [-0.1, -0.05) is 54.2 Å². The molecule has 4 nitrogen and oxygen atoms in total. The summed E-state index contributed by atoms with van der Waals surface area (Å²) >= 11 is 3.41. The van der Waals surface area contributed by atoms with Crippen molar-refractivity contribution >= 4 is 29.0 Å². The molecule has 0 saturated carbocycles. The van der Waals surface area contributed by atoms with Gasteiger partial charge < -0.3 is 10.2 Å². The van der Waals surface area contributed by atoms with Gasteiger partial charge in [-0.05, 0) is 50.2 Å². The van der Waals surface area contributed by atoms with E-state index in [1.165, 1.54) is 11.1 Å². The normalized spacial score (nSPS) is 11.0. The van der Waals surface area contributed by atoms with Crippen molar-refractivity contribution in [2.45, 2.75) is 30.0 Å². The van der Waals surface area contributed by atoms with E-state index in [1.807, 2.05) is 37.3 Å². The molecule has 0 aliphatic rings. The highest BCUT2D eigenvalue weighted by Crippen LogP contribution is 2.26. The summed E-state index contributed by atoms with van der Waals surface area (Å²) in [7, 11) is 2.11. The van der Waals surface area contributed by atoms with Crippen LogP contribution in [0.5, 0.6) is 0 Å². The predicted octanol–water partition coefficient (Wildman–Crippen LogP) is 5.00.